The van der Waals surface area contributed by atoms with Crippen molar-refractivity contribution in [2.75, 3.05) is 18.9 Å². The standard InChI is InChI=1S/C9H12F4N4O2/c1-2-3-18-7-15-6(14)16-8(17-7)19-4-9(12,13)5(10)11/h5H,2-4H2,1H3,(H2,14,15,16,17). The molecule has 0 amide bonds. The average Bonchev–Trinajstić information content (AvgIpc) is 2.33. The molecule has 10 heteroatoms. The van der Waals surface area contributed by atoms with Crippen LogP contribution in [0.1, 0.15) is 13.3 Å². The normalized spacial score (nSPS) is 11.7. The van der Waals surface area contributed by atoms with Gasteiger partial charge in [-0.1, -0.05) is 6.92 Å². The molecule has 0 radical (unpaired) electrons. The van der Waals surface area contributed by atoms with Gasteiger partial charge in [-0.3, -0.25) is 0 Å². The molecular formula is C9H12F4N4O2. The highest BCUT2D eigenvalue weighted by atomic mass is 19.3. The second-order valence-corrected chi connectivity index (χ2v) is 3.46. The average molecular weight is 284 g/mol. The number of rotatable bonds is 7. The highest BCUT2D eigenvalue weighted by Gasteiger charge is 2.42. The van der Waals surface area contributed by atoms with Crippen LogP contribution < -0.4 is 15.2 Å². The number of aromatic nitrogens is 3. The Balaban J connectivity index is 2.70. The Morgan fingerprint density at radius 3 is 2.26 bits per heavy atom. The van der Waals surface area contributed by atoms with Gasteiger partial charge in [0.25, 0.3) is 0 Å². The van der Waals surface area contributed by atoms with E-state index in [1.165, 1.54) is 0 Å². The van der Waals surface area contributed by atoms with Gasteiger partial charge < -0.3 is 15.2 Å². The molecule has 1 aromatic rings. The molecule has 0 fully saturated rings. The summed E-state index contributed by atoms with van der Waals surface area (Å²) in [5.74, 6) is -4.62. The minimum atomic E-state index is -4.30. The molecular weight excluding hydrogens is 272 g/mol. The van der Waals surface area contributed by atoms with Crippen LogP contribution in [0.4, 0.5) is 23.5 Å². The first kappa shape index (κ1) is 15.2. The number of hydrogen-bond donors (Lipinski definition) is 1. The Morgan fingerprint density at radius 2 is 1.74 bits per heavy atom. The molecule has 6 nitrogen and oxygen atoms in total. The number of ether oxygens (including phenoxy) is 2. The summed E-state index contributed by atoms with van der Waals surface area (Å²) in [6, 6.07) is -0.816. The van der Waals surface area contributed by atoms with E-state index in [0.717, 1.165) is 0 Å². The van der Waals surface area contributed by atoms with Gasteiger partial charge in [0.1, 0.15) is 0 Å². The van der Waals surface area contributed by atoms with E-state index in [1.807, 2.05) is 6.92 Å². The maximum atomic E-state index is 12.6. The van der Waals surface area contributed by atoms with Crippen LogP contribution in [0.2, 0.25) is 0 Å². The number of nitrogens with two attached hydrogens (primary N) is 1. The van der Waals surface area contributed by atoms with Crippen molar-refractivity contribution < 1.29 is 27.0 Å². The van der Waals surface area contributed by atoms with Gasteiger partial charge in [0.15, 0.2) is 6.61 Å². The third-order valence-corrected chi connectivity index (χ3v) is 1.76. The van der Waals surface area contributed by atoms with E-state index in [4.69, 9.17) is 10.5 Å². The lowest BCUT2D eigenvalue weighted by Crippen LogP contribution is -2.34. The first-order chi connectivity index (χ1) is 8.85. The number of halogens is 4. The SMILES string of the molecule is CCCOc1nc(N)nc(OCC(F)(F)C(F)F)n1. The van der Waals surface area contributed by atoms with Crippen LogP contribution in [0.25, 0.3) is 0 Å². The molecule has 108 valence electrons. The number of hydrogen-bond acceptors (Lipinski definition) is 6. The van der Waals surface area contributed by atoms with Crippen molar-refractivity contribution in [2.24, 2.45) is 0 Å². The summed E-state index contributed by atoms with van der Waals surface area (Å²) < 4.78 is 58.4. The van der Waals surface area contributed by atoms with E-state index in [0.29, 0.717) is 6.42 Å². The Bertz CT molecular complexity index is 419. The molecule has 0 aromatic carbocycles. The largest absolute Gasteiger partial charge is 0.463 e. The number of nitrogen functional groups attached to an aromatic ring is 1. The van der Waals surface area contributed by atoms with Crippen molar-refractivity contribution in [2.45, 2.75) is 25.7 Å². The zero-order valence-corrected chi connectivity index (χ0v) is 9.95. The molecule has 0 bridgehead atoms. The molecule has 0 aliphatic rings. The zero-order valence-electron chi connectivity index (χ0n) is 9.95. The van der Waals surface area contributed by atoms with Gasteiger partial charge in [-0.15, -0.1) is 4.98 Å². The monoisotopic (exact) mass is 284 g/mol. The van der Waals surface area contributed by atoms with Crippen LogP contribution in [0, 0.1) is 0 Å². The highest BCUT2D eigenvalue weighted by Crippen LogP contribution is 2.23. The lowest BCUT2D eigenvalue weighted by molar-refractivity contribution is -0.149. The van der Waals surface area contributed by atoms with Crippen molar-refractivity contribution in [3.63, 3.8) is 0 Å². The summed E-state index contributed by atoms with van der Waals surface area (Å²) in [5.41, 5.74) is 5.27. The first-order valence-corrected chi connectivity index (χ1v) is 5.28. The molecule has 0 unspecified atom stereocenters. The fourth-order valence-electron chi connectivity index (χ4n) is 0.899. The van der Waals surface area contributed by atoms with Crippen LogP contribution in [-0.2, 0) is 0 Å². The predicted octanol–water partition coefficient (Wildman–Crippen LogP) is 1.52. The van der Waals surface area contributed by atoms with Gasteiger partial charge in [-0.05, 0) is 6.42 Å². The molecule has 0 aliphatic carbocycles. The van der Waals surface area contributed by atoms with Crippen molar-refractivity contribution >= 4 is 5.95 Å². The summed E-state index contributed by atoms with van der Waals surface area (Å²) in [6.07, 6.45) is -3.19. The van der Waals surface area contributed by atoms with Crippen LogP contribution in [0.3, 0.4) is 0 Å². The summed E-state index contributed by atoms with van der Waals surface area (Å²) in [5, 5.41) is 0. The first-order valence-electron chi connectivity index (χ1n) is 5.28. The van der Waals surface area contributed by atoms with E-state index in [1.54, 1.807) is 0 Å². The number of alkyl halides is 4. The summed E-state index contributed by atoms with van der Waals surface area (Å²) >= 11 is 0. The van der Waals surface area contributed by atoms with Crippen molar-refractivity contribution in [3.05, 3.63) is 0 Å². The van der Waals surface area contributed by atoms with Crippen molar-refractivity contribution in [1.29, 1.82) is 0 Å². The molecule has 19 heavy (non-hydrogen) atoms. The van der Waals surface area contributed by atoms with Gasteiger partial charge in [0.2, 0.25) is 5.95 Å². The third-order valence-electron chi connectivity index (χ3n) is 1.76. The maximum absolute atomic E-state index is 12.6. The van der Waals surface area contributed by atoms with Crippen LogP contribution >= 0.6 is 0 Å². The van der Waals surface area contributed by atoms with E-state index in [-0.39, 0.29) is 18.6 Å². The summed E-state index contributed by atoms with van der Waals surface area (Å²) in [6.45, 7) is 0.530. The molecule has 1 heterocycles. The lowest BCUT2D eigenvalue weighted by atomic mass is 10.4. The molecule has 0 atom stereocenters. The minimum absolute atomic E-state index is 0.218. The Hall–Kier alpha value is -1.87. The van der Waals surface area contributed by atoms with E-state index >= 15 is 0 Å². The Kier molecular flexibility index (Phi) is 5.07. The maximum Gasteiger partial charge on any atom is 0.340 e. The third kappa shape index (κ3) is 4.72. The molecule has 1 rings (SSSR count). The van der Waals surface area contributed by atoms with Crippen LogP contribution in [0.5, 0.6) is 12.0 Å². The Labute approximate surface area is 106 Å². The van der Waals surface area contributed by atoms with E-state index < -0.39 is 25.0 Å². The summed E-state index contributed by atoms with van der Waals surface area (Å²) in [4.78, 5) is 10.5. The van der Waals surface area contributed by atoms with Gasteiger partial charge in [0.05, 0.1) is 6.61 Å². The van der Waals surface area contributed by atoms with Gasteiger partial charge in [-0.2, -0.15) is 18.7 Å². The fraction of sp³-hybridized carbons (Fsp3) is 0.667. The van der Waals surface area contributed by atoms with Gasteiger partial charge in [-0.25, -0.2) is 8.78 Å². The second-order valence-electron chi connectivity index (χ2n) is 3.46. The zero-order chi connectivity index (χ0) is 14.5. The van der Waals surface area contributed by atoms with E-state index in [2.05, 4.69) is 19.7 Å². The van der Waals surface area contributed by atoms with Gasteiger partial charge >= 0.3 is 24.4 Å². The topological polar surface area (TPSA) is 83.2 Å². The molecule has 1 aromatic heterocycles. The highest BCUT2D eigenvalue weighted by molar-refractivity contribution is 5.20. The smallest absolute Gasteiger partial charge is 0.340 e. The van der Waals surface area contributed by atoms with Gasteiger partial charge in [0, 0.05) is 0 Å². The number of nitrogens with zero attached hydrogens (tertiary/aromatic N) is 3. The molecule has 2 N–H and O–H groups in total. The van der Waals surface area contributed by atoms with Crippen LogP contribution in [0.15, 0.2) is 0 Å². The van der Waals surface area contributed by atoms with E-state index in [9.17, 15) is 17.6 Å². The van der Waals surface area contributed by atoms with Crippen LogP contribution in [-0.4, -0.2) is 40.5 Å². The summed E-state index contributed by atoms with van der Waals surface area (Å²) in [7, 11) is 0. The van der Waals surface area contributed by atoms with Crippen molar-refractivity contribution in [3.8, 4) is 12.0 Å². The Morgan fingerprint density at radius 1 is 1.16 bits per heavy atom. The quantitative estimate of drug-likeness (QED) is 0.764. The van der Waals surface area contributed by atoms with Crippen molar-refractivity contribution in [1.82, 2.24) is 15.0 Å². The fourth-order valence-corrected chi connectivity index (χ4v) is 0.899. The molecule has 0 aliphatic heterocycles. The second kappa shape index (κ2) is 6.34. The number of anilines is 1. The minimum Gasteiger partial charge on any atom is -0.463 e. The molecule has 0 spiro atoms. The molecule has 0 saturated heterocycles. The lowest BCUT2D eigenvalue weighted by Gasteiger charge is -2.15. The predicted molar refractivity (Wildman–Crippen MR) is 56.5 cm³/mol. The molecule has 0 saturated carbocycles.